The molecule has 0 saturated heterocycles. The van der Waals surface area contributed by atoms with Gasteiger partial charge in [0.25, 0.3) is 0 Å². The van der Waals surface area contributed by atoms with E-state index in [0.717, 1.165) is 15.6 Å². The van der Waals surface area contributed by atoms with Gasteiger partial charge in [0.2, 0.25) is 10.0 Å². The van der Waals surface area contributed by atoms with Crippen molar-refractivity contribution in [3.63, 3.8) is 0 Å². The van der Waals surface area contributed by atoms with Gasteiger partial charge < -0.3 is 4.74 Å². The van der Waals surface area contributed by atoms with Gasteiger partial charge in [-0.2, -0.15) is 5.10 Å². The zero-order valence-corrected chi connectivity index (χ0v) is 15.8. The van der Waals surface area contributed by atoms with Crippen LogP contribution in [0.2, 0.25) is 0 Å². The topological polar surface area (TPSA) is 81.5 Å². The lowest BCUT2D eigenvalue weighted by atomic mass is 10.2. The maximum Gasteiger partial charge on any atom is 0.338 e. The van der Waals surface area contributed by atoms with Gasteiger partial charge in [0.15, 0.2) is 0 Å². The maximum atomic E-state index is 12.3. The molecule has 0 unspecified atom stereocenters. The second-order valence-electron chi connectivity index (χ2n) is 6.01. The molecule has 140 valence electrons. The van der Waals surface area contributed by atoms with Crippen LogP contribution in [-0.2, 0) is 21.4 Å². The SMILES string of the molecule is CN(C)S(=O)(=O)c1cccc(C(=O)OCc2ccc(-n3cccn3)cc2)c1. The number of nitrogens with zero attached hydrogens (tertiary/aromatic N) is 3. The zero-order chi connectivity index (χ0) is 19.4. The van der Waals surface area contributed by atoms with Gasteiger partial charge >= 0.3 is 5.97 Å². The molecule has 1 aromatic heterocycles. The number of ether oxygens (including phenoxy) is 1. The molecule has 3 aromatic rings. The van der Waals surface area contributed by atoms with Gasteiger partial charge in [-0.05, 0) is 42.0 Å². The third kappa shape index (κ3) is 4.24. The Labute approximate surface area is 157 Å². The normalized spacial score (nSPS) is 11.5. The zero-order valence-electron chi connectivity index (χ0n) is 14.9. The van der Waals surface area contributed by atoms with Crippen molar-refractivity contribution in [3.8, 4) is 5.69 Å². The Kier molecular flexibility index (Phi) is 5.38. The average molecular weight is 385 g/mol. The molecule has 8 heteroatoms. The average Bonchev–Trinajstić information content (AvgIpc) is 3.21. The Morgan fingerprint density at radius 2 is 1.85 bits per heavy atom. The van der Waals surface area contributed by atoms with E-state index in [1.807, 2.05) is 36.5 Å². The summed E-state index contributed by atoms with van der Waals surface area (Å²) in [6.45, 7) is 0.0862. The molecule has 0 aliphatic rings. The van der Waals surface area contributed by atoms with Crippen molar-refractivity contribution in [3.05, 3.63) is 78.1 Å². The minimum absolute atomic E-state index is 0.0468. The van der Waals surface area contributed by atoms with Gasteiger partial charge in [0, 0.05) is 26.5 Å². The smallest absolute Gasteiger partial charge is 0.338 e. The number of esters is 1. The van der Waals surface area contributed by atoms with E-state index >= 15 is 0 Å². The molecule has 0 radical (unpaired) electrons. The first-order valence-electron chi connectivity index (χ1n) is 8.16. The largest absolute Gasteiger partial charge is 0.457 e. The molecule has 7 nitrogen and oxygen atoms in total. The third-order valence-corrected chi connectivity index (χ3v) is 5.73. The molecule has 0 bridgehead atoms. The van der Waals surface area contributed by atoms with Crippen LogP contribution in [0.15, 0.2) is 71.9 Å². The lowest BCUT2D eigenvalue weighted by molar-refractivity contribution is 0.0472. The van der Waals surface area contributed by atoms with E-state index in [1.54, 1.807) is 10.9 Å². The molecule has 0 spiro atoms. The lowest BCUT2D eigenvalue weighted by Gasteiger charge is -2.12. The highest BCUT2D eigenvalue weighted by Gasteiger charge is 2.19. The summed E-state index contributed by atoms with van der Waals surface area (Å²) < 4.78 is 32.5. The van der Waals surface area contributed by atoms with E-state index < -0.39 is 16.0 Å². The number of sulfonamides is 1. The van der Waals surface area contributed by atoms with Crippen LogP contribution in [0.5, 0.6) is 0 Å². The summed E-state index contributed by atoms with van der Waals surface area (Å²) in [5.41, 5.74) is 1.90. The summed E-state index contributed by atoms with van der Waals surface area (Å²) in [6.07, 6.45) is 3.53. The Morgan fingerprint density at radius 3 is 2.48 bits per heavy atom. The third-order valence-electron chi connectivity index (χ3n) is 3.92. The molecule has 0 aliphatic carbocycles. The molecule has 1 heterocycles. The Bertz CT molecular complexity index is 1030. The van der Waals surface area contributed by atoms with Crippen LogP contribution >= 0.6 is 0 Å². The number of carbonyl (C=O) groups is 1. The molecular formula is C19H19N3O4S. The number of hydrogen-bond donors (Lipinski definition) is 0. The summed E-state index contributed by atoms with van der Waals surface area (Å²) in [5, 5.41) is 4.15. The van der Waals surface area contributed by atoms with Crippen molar-refractivity contribution in [2.24, 2.45) is 0 Å². The molecule has 0 aliphatic heterocycles. The summed E-state index contributed by atoms with van der Waals surface area (Å²) in [4.78, 5) is 12.3. The van der Waals surface area contributed by atoms with Crippen molar-refractivity contribution in [1.82, 2.24) is 14.1 Å². The predicted octanol–water partition coefficient (Wildman–Crippen LogP) is 2.48. The van der Waals surface area contributed by atoms with E-state index in [9.17, 15) is 13.2 Å². The quantitative estimate of drug-likeness (QED) is 0.609. The van der Waals surface area contributed by atoms with Gasteiger partial charge in [0.05, 0.1) is 16.1 Å². The highest BCUT2D eigenvalue weighted by atomic mass is 32.2. The number of hydrogen-bond acceptors (Lipinski definition) is 5. The second kappa shape index (κ2) is 7.73. The Hall–Kier alpha value is -2.97. The van der Waals surface area contributed by atoms with Gasteiger partial charge in [-0.1, -0.05) is 18.2 Å². The maximum absolute atomic E-state index is 12.3. The van der Waals surface area contributed by atoms with Crippen LogP contribution in [0.4, 0.5) is 0 Å². The van der Waals surface area contributed by atoms with E-state index in [2.05, 4.69) is 5.10 Å². The van der Waals surface area contributed by atoms with Crippen LogP contribution < -0.4 is 0 Å². The molecule has 3 rings (SSSR count). The monoisotopic (exact) mass is 385 g/mol. The van der Waals surface area contributed by atoms with E-state index in [4.69, 9.17) is 4.74 Å². The van der Waals surface area contributed by atoms with Gasteiger partial charge in [-0.25, -0.2) is 22.2 Å². The molecule has 0 amide bonds. The molecule has 0 fully saturated rings. The number of carbonyl (C=O) groups excluding carboxylic acids is 1. The van der Waals surface area contributed by atoms with Crippen molar-refractivity contribution < 1.29 is 17.9 Å². The minimum Gasteiger partial charge on any atom is -0.457 e. The summed E-state index contributed by atoms with van der Waals surface area (Å²) in [7, 11) is -0.734. The molecule has 0 saturated carbocycles. The summed E-state index contributed by atoms with van der Waals surface area (Å²) in [6, 6.07) is 15.1. The van der Waals surface area contributed by atoms with Crippen molar-refractivity contribution in [2.75, 3.05) is 14.1 Å². The standard InChI is InChI=1S/C19H19N3O4S/c1-21(2)27(24,25)18-6-3-5-16(13-18)19(23)26-14-15-7-9-17(10-8-15)22-12-4-11-20-22/h3-13H,14H2,1-2H3. The van der Waals surface area contributed by atoms with Gasteiger partial charge in [-0.3, -0.25) is 0 Å². The molecular weight excluding hydrogens is 366 g/mol. The van der Waals surface area contributed by atoms with Crippen LogP contribution in [0.3, 0.4) is 0 Å². The first-order chi connectivity index (χ1) is 12.9. The Morgan fingerprint density at radius 1 is 1.11 bits per heavy atom. The second-order valence-corrected chi connectivity index (χ2v) is 8.16. The van der Waals surface area contributed by atoms with Gasteiger partial charge in [-0.15, -0.1) is 0 Å². The van der Waals surface area contributed by atoms with Crippen LogP contribution in [0.1, 0.15) is 15.9 Å². The number of rotatable bonds is 6. The number of benzene rings is 2. The fourth-order valence-corrected chi connectivity index (χ4v) is 3.34. The first-order valence-corrected chi connectivity index (χ1v) is 9.60. The van der Waals surface area contributed by atoms with Crippen molar-refractivity contribution >= 4 is 16.0 Å². The first kappa shape index (κ1) is 18.8. The molecule has 27 heavy (non-hydrogen) atoms. The Balaban J connectivity index is 1.68. The fraction of sp³-hybridized carbons (Fsp3) is 0.158. The molecule has 0 N–H and O–H groups in total. The van der Waals surface area contributed by atoms with Crippen molar-refractivity contribution in [1.29, 1.82) is 0 Å². The van der Waals surface area contributed by atoms with E-state index in [-0.39, 0.29) is 17.1 Å². The highest BCUT2D eigenvalue weighted by Crippen LogP contribution is 2.16. The fourth-order valence-electron chi connectivity index (χ4n) is 2.39. The summed E-state index contributed by atoms with van der Waals surface area (Å²) in [5.74, 6) is -0.582. The number of aromatic nitrogens is 2. The van der Waals surface area contributed by atoms with Crippen LogP contribution in [0, 0.1) is 0 Å². The van der Waals surface area contributed by atoms with E-state index in [0.29, 0.717) is 0 Å². The van der Waals surface area contributed by atoms with Crippen LogP contribution in [-0.4, -0.2) is 42.6 Å². The predicted molar refractivity (Wildman–Crippen MR) is 100.0 cm³/mol. The van der Waals surface area contributed by atoms with Crippen LogP contribution in [0.25, 0.3) is 5.69 Å². The molecule has 0 atom stereocenters. The van der Waals surface area contributed by atoms with Crippen molar-refractivity contribution in [2.45, 2.75) is 11.5 Å². The summed E-state index contributed by atoms with van der Waals surface area (Å²) >= 11 is 0. The molecule has 2 aromatic carbocycles. The lowest BCUT2D eigenvalue weighted by Crippen LogP contribution is -2.22. The van der Waals surface area contributed by atoms with E-state index in [1.165, 1.54) is 38.4 Å². The highest BCUT2D eigenvalue weighted by molar-refractivity contribution is 7.89. The van der Waals surface area contributed by atoms with Gasteiger partial charge in [0.1, 0.15) is 6.61 Å². The minimum atomic E-state index is -3.61.